The highest BCUT2D eigenvalue weighted by Crippen LogP contribution is 2.21. The van der Waals surface area contributed by atoms with Gasteiger partial charge in [0.05, 0.1) is 17.4 Å². The molecule has 2 aromatic heterocycles. The second-order valence-corrected chi connectivity index (χ2v) is 11.2. The number of aromatic nitrogens is 4. The van der Waals surface area contributed by atoms with Crippen LogP contribution in [0.15, 0.2) is 61.2 Å². The fraction of sp³-hybridized carbons (Fsp3) is 0.333. The monoisotopic (exact) mass is 596 g/mol. The van der Waals surface area contributed by atoms with E-state index in [0.29, 0.717) is 59.4 Å². The fourth-order valence-corrected chi connectivity index (χ4v) is 4.98. The number of anilines is 3. The molecule has 1 saturated heterocycles. The van der Waals surface area contributed by atoms with Crippen LogP contribution in [-0.4, -0.2) is 80.4 Å². The van der Waals surface area contributed by atoms with Crippen molar-refractivity contribution in [3.63, 3.8) is 0 Å². The lowest BCUT2D eigenvalue weighted by molar-refractivity contribution is 0.102. The summed E-state index contributed by atoms with van der Waals surface area (Å²) in [6.07, 6.45) is 8.43. The van der Waals surface area contributed by atoms with Crippen LogP contribution in [0.2, 0.25) is 0 Å². The number of carbonyl (C=O) groups is 1. The molecule has 44 heavy (non-hydrogen) atoms. The van der Waals surface area contributed by atoms with Gasteiger partial charge in [-0.15, -0.1) is 0 Å². The summed E-state index contributed by atoms with van der Waals surface area (Å²) in [6.45, 7) is 5.06. The molecule has 5 rings (SSSR count). The van der Waals surface area contributed by atoms with E-state index in [-0.39, 0.29) is 18.3 Å². The van der Waals surface area contributed by atoms with Crippen molar-refractivity contribution in [1.29, 1.82) is 0 Å². The second-order valence-electron chi connectivity index (χ2n) is 11.2. The van der Waals surface area contributed by atoms with Crippen LogP contribution in [0.4, 0.5) is 21.7 Å². The number of aryl methyl sites for hydroxylation is 2. The van der Waals surface area contributed by atoms with Gasteiger partial charge in [0.2, 0.25) is 5.95 Å². The molecule has 11 heteroatoms. The number of benzene rings is 2. The molecule has 228 valence electrons. The summed E-state index contributed by atoms with van der Waals surface area (Å²) in [5.41, 5.74) is 4.41. The van der Waals surface area contributed by atoms with Gasteiger partial charge in [0.15, 0.2) is 0 Å². The quantitative estimate of drug-likeness (QED) is 0.236. The third-order valence-electron chi connectivity index (χ3n) is 7.61. The molecule has 0 radical (unpaired) electrons. The summed E-state index contributed by atoms with van der Waals surface area (Å²) in [6, 6.07) is 10.6. The van der Waals surface area contributed by atoms with Crippen molar-refractivity contribution in [3.8, 4) is 11.8 Å². The zero-order chi connectivity index (χ0) is 31.1. The van der Waals surface area contributed by atoms with Crippen molar-refractivity contribution in [2.24, 2.45) is 0 Å². The Morgan fingerprint density at radius 3 is 2.66 bits per heavy atom. The van der Waals surface area contributed by atoms with Gasteiger partial charge < -0.3 is 20.6 Å². The molecule has 0 bridgehead atoms. The number of likely N-dealkylation sites (tertiary alicyclic amines) is 1. The number of nitrogens with zero attached hydrogens (tertiary/aromatic N) is 6. The van der Waals surface area contributed by atoms with Crippen molar-refractivity contribution >= 4 is 23.2 Å². The smallest absolute Gasteiger partial charge is 0.255 e. The van der Waals surface area contributed by atoms with Crippen LogP contribution in [0.5, 0.6) is 0 Å². The number of amides is 1. The molecular formula is C33H37FN8O2. The zero-order valence-electron chi connectivity index (χ0n) is 25.2. The highest BCUT2D eigenvalue weighted by atomic mass is 19.1. The lowest BCUT2D eigenvalue weighted by atomic mass is 10.0. The van der Waals surface area contributed by atoms with Gasteiger partial charge in [-0.2, -0.15) is 5.10 Å². The maximum absolute atomic E-state index is 14.9. The van der Waals surface area contributed by atoms with Crippen LogP contribution in [0.3, 0.4) is 0 Å². The average Bonchev–Trinajstić information content (AvgIpc) is 3.67. The van der Waals surface area contributed by atoms with E-state index in [1.807, 2.05) is 19.2 Å². The topological polar surface area (TPSA) is 111 Å². The first-order valence-corrected chi connectivity index (χ1v) is 14.6. The van der Waals surface area contributed by atoms with Gasteiger partial charge in [0.25, 0.3) is 5.91 Å². The van der Waals surface area contributed by atoms with Crippen molar-refractivity contribution in [1.82, 2.24) is 29.5 Å². The lowest BCUT2D eigenvalue weighted by Crippen LogP contribution is -2.31. The predicted molar refractivity (Wildman–Crippen MR) is 168 cm³/mol. The van der Waals surface area contributed by atoms with E-state index in [2.05, 4.69) is 61.4 Å². The summed E-state index contributed by atoms with van der Waals surface area (Å²) in [5.74, 6) is 5.90. The van der Waals surface area contributed by atoms with Gasteiger partial charge >= 0.3 is 0 Å². The SMILES string of the molecule is Cc1ccc(C(=O)Nc2ccc(CN3CC[C@@H](N(C)C)C3)c(F)c2)cc1C#Cc1cnc(Nc2cnn(CCCO)c2)nc1. The Morgan fingerprint density at radius 2 is 1.93 bits per heavy atom. The molecule has 0 aliphatic carbocycles. The first kappa shape index (κ1) is 30.8. The van der Waals surface area contributed by atoms with Crippen LogP contribution >= 0.6 is 0 Å². The van der Waals surface area contributed by atoms with Crippen LogP contribution in [0.25, 0.3) is 0 Å². The minimum Gasteiger partial charge on any atom is -0.396 e. The third kappa shape index (κ3) is 8.05. The van der Waals surface area contributed by atoms with E-state index in [9.17, 15) is 9.18 Å². The van der Waals surface area contributed by atoms with Crippen molar-refractivity contribution in [2.45, 2.75) is 38.9 Å². The molecule has 3 N–H and O–H groups in total. The van der Waals surface area contributed by atoms with Crippen LogP contribution in [0.1, 0.15) is 45.5 Å². The summed E-state index contributed by atoms with van der Waals surface area (Å²) < 4.78 is 16.7. The molecule has 1 atom stereocenters. The number of hydrogen-bond donors (Lipinski definition) is 3. The number of rotatable bonds is 10. The number of hydrogen-bond acceptors (Lipinski definition) is 8. The summed E-state index contributed by atoms with van der Waals surface area (Å²) in [4.78, 5) is 26.1. The first-order chi connectivity index (χ1) is 21.3. The van der Waals surface area contributed by atoms with E-state index < -0.39 is 0 Å². The maximum Gasteiger partial charge on any atom is 0.255 e. The average molecular weight is 597 g/mol. The molecule has 0 saturated carbocycles. The van der Waals surface area contributed by atoms with E-state index in [4.69, 9.17) is 5.11 Å². The van der Waals surface area contributed by atoms with Gasteiger partial charge in [-0.05, 0) is 63.7 Å². The molecule has 1 aliphatic rings. The molecule has 3 heterocycles. The van der Waals surface area contributed by atoms with E-state index in [1.165, 1.54) is 6.07 Å². The van der Waals surface area contributed by atoms with Crippen LogP contribution in [-0.2, 0) is 13.1 Å². The van der Waals surface area contributed by atoms with E-state index >= 15 is 0 Å². The molecule has 1 amide bonds. The van der Waals surface area contributed by atoms with Crippen LogP contribution < -0.4 is 10.6 Å². The predicted octanol–water partition coefficient (Wildman–Crippen LogP) is 4.03. The number of likely N-dealkylation sites (N-methyl/N-ethyl adjacent to an activating group) is 1. The Kier molecular flexibility index (Phi) is 9.96. The van der Waals surface area contributed by atoms with Gasteiger partial charge in [-0.3, -0.25) is 14.4 Å². The van der Waals surface area contributed by atoms with Crippen molar-refractivity contribution in [2.75, 3.05) is 44.4 Å². The maximum atomic E-state index is 14.9. The molecule has 2 aromatic carbocycles. The van der Waals surface area contributed by atoms with E-state index in [0.717, 1.165) is 30.8 Å². The summed E-state index contributed by atoms with van der Waals surface area (Å²) in [7, 11) is 4.15. The number of aliphatic hydroxyl groups is 1. The number of nitrogens with one attached hydrogen (secondary N) is 2. The third-order valence-corrected chi connectivity index (χ3v) is 7.61. The molecule has 10 nitrogen and oxygen atoms in total. The second kappa shape index (κ2) is 14.2. The minimum atomic E-state index is -0.341. The Balaban J connectivity index is 1.19. The largest absolute Gasteiger partial charge is 0.396 e. The number of carbonyl (C=O) groups excluding carboxylic acids is 1. The minimum absolute atomic E-state index is 0.109. The normalized spacial score (nSPS) is 14.8. The Labute approximate surface area is 256 Å². The number of halogens is 1. The van der Waals surface area contributed by atoms with Crippen LogP contribution in [0, 0.1) is 24.6 Å². The standard InChI is InChI=1S/C33H37FN8O2/c1-23-5-7-26(32(44)38-28-10-9-27(31(34)16-28)20-41-13-11-30(22-41)40(2)3)15-25(23)8-6-24-17-35-33(36-18-24)39-29-19-37-42(21-29)12-4-14-43/h5,7,9-10,15-19,21,30,43H,4,11-14,20,22H2,1-3H3,(H,38,44)(H,35,36,39)/t30-/m1/s1. The molecule has 0 unspecified atom stereocenters. The highest BCUT2D eigenvalue weighted by molar-refractivity contribution is 6.04. The van der Waals surface area contributed by atoms with E-state index in [1.54, 1.807) is 47.5 Å². The summed E-state index contributed by atoms with van der Waals surface area (Å²) in [5, 5.41) is 19.1. The van der Waals surface area contributed by atoms with Gasteiger partial charge in [-0.1, -0.05) is 24.0 Å². The molecule has 1 aliphatic heterocycles. The Morgan fingerprint density at radius 1 is 1.11 bits per heavy atom. The molecule has 4 aromatic rings. The zero-order valence-corrected chi connectivity index (χ0v) is 25.2. The van der Waals surface area contributed by atoms with Gasteiger partial charge in [0.1, 0.15) is 5.82 Å². The molecule has 0 spiro atoms. The van der Waals surface area contributed by atoms with Crippen molar-refractivity contribution in [3.05, 3.63) is 94.8 Å². The Bertz CT molecular complexity index is 1660. The highest BCUT2D eigenvalue weighted by Gasteiger charge is 2.24. The first-order valence-electron chi connectivity index (χ1n) is 14.6. The Hall–Kier alpha value is -4.63. The van der Waals surface area contributed by atoms with Crippen molar-refractivity contribution < 1.29 is 14.3 Å². The fourth-order valence-electron chi connectivity index (χ4n) is 4.98. The summed E-state index contributed by atoms with van der Waals surface area (Å²) >= 11 is 0. The molecular weight excluding hydrogens is 559 g/mol. The lowest BCUT2D eigenvalue weighted by Gasteiger charge is -2.20. The molecule has 1 fully saturated rings. The van der Waals surface area contributed by atoms with Gasteiger partial charge in [0, 0.05) is 79.8 Å². The number of aliphatic hydroxyl groups excluding tert-OH is 1. The van der Waals surface area contributed by atoms with Gasteiger partial charge in [-0.25, -0.2) is 14.4 Å².